The zero-order valence-electron chi connectivity index (χ0n) is 10.8. The first kappa shape index (κ1) is 13.1. The summed E-state index contributed by atoms with van der Waals surface area (Å²) in [5, 5.41) is 13.2. The highest BCUT2D eigenvalue weighted by Crippen LogP contribution is 2.14. The van der Waals surface area contributed by atoms with Crippen LogP contribution in [-0.4, -0.2) is 14.9 Å². The van der Waals surface area contributed by atoms with Gasteiger partial charge in [0.15, 0.2) is 11.6 Å². The smallest absolute Gasteiger partial charge is 0.275 e. The minimum absolute atomic E-state index is 0.0605. The summed E-state index contributed by atoms with van der Waals surface area (Å²) in [6.45, 7) is 2.15. The number of anilines is 1. The minimum Gasteiger partial charge on any atom is -0.504 e. The van der Waals surface area contributed by atoms with Gasteiger partial charge in [0.1, 0.15) is 0 Å². The van der Waals surface area contributed by atoms with Gasteiger partial charge in [0.05, 0.1) is 11.8 Å². The van der Waals surface area contributed by atoms with Crippen molar-refractivity contribution in [3.63, 3.8) is 0 Å². The lowest BCUT2D eigenvalue weighted by Crippen LogP contribution is -2.21. The van der Waals surface area contributed by atoms with Crippen molar-refractivity contribution in [1.29, 1.82) is 0 Å². The fourth-order valence-electron chi connectivity index (χ4n) is 1.83. The van der Waals surface area contributed by atoms with Crippen molar-refractivity contribution in [3.05, 3.63) is 46.2 Å². The van der Waals surface area contributed by atoms with Crippen LogP contribution in [0, 0.1) is 0 Å². The Labute approximate surface area is 111 Å². The van der Waals surface area contributed by atoms with Gasteiger partial charge in [0.2, 0.25) is 0 Å². The Bertz CT molecular complexity index is 618. The summed E-state index contributed by atoms with van der Waals surface area (Å²) >= 11 is 0. The van der Waals surface area contributed by atoms with Crippen LogP contribution in [0.15, 0.2) is 35.1 Å². The second-order valence-corrected chi connectivity index (χ2v) is 4.43. The van der Waals surface area contributed by atoms with Crippen LogP contribution < -0.4 is 11.3 Å². The molecule has 1 heterocycles. The Morgan fingerprint density at radius 1 is 1.32 bits per heavy atom. The average molecular weight is 259 g/mol. The third-order valence-corrected chi connectivity index (χ3v) is 2.94. The molecule has 1 aromatic heterocycles. The Hall–Kier alpha value is -2.30. The molecule has 100 valence electrons. The van der Waals surface area contributed by atoms with Gasteiger partial charge < -0.3 is 10.8 Å². The van der Waals surface area contributed by atoms with Crippen molar-refractivity contribution in [3.8, 4) is 11.4 Å². The number of benzene rings is 1. The number of aromatic nitrogens is 2. The first-order chi connectivity index (χ1) is 9.11. The monoisotopic (exact) mass is 259 g/mol. The van der Waals surface area contributed by atoms with Gasteiger partial charge in [-0.2, -0.15) is 4.68 Å². The number of aromatic hydroxyl groups is 1. The van der Waals surface area contributed by atoms with Crippen LogP contribution >= 0.6 is 0 Å². The molecule has 0 aliphatic carbocycles. The van der Waals surface area contributed by atoms with Gasteiger partial charge in [-0.05, 0) is 30.5 Å². The molecular weight excluding hydrogens is 242 g/mol. The Morgan fingerprint density at radius 2 is 2.00 bits per heavy atom. The molecule has 0 fully saturated rings. The lowest BCUT2D eigenvalue weighted by molar-refractivity contribution is 0.471. The molecule has 3 N–H and O–H groups in total. The predicted octanol–water partition coefficient (Wildman–Crippen LogP) is 1.86. The van der Waals surface area contributed by atoms with Crippen LogP contribution in [0.1, 0.15) is 25.3 Å². The van der Waals surface area contributed by atoms with Crippen LogP contribution in [0.4, 0.5) is 5.82 Å². The normalized spacial score (nSPS) is 10.6. The molecule has 0 bridgehead atoms. The number of hydrogen-bond acceptors (Lipinski definition) is 4. The van der Waals surface area contributed by atoms with Crippen LogP contribution in [0.3, 0.4) is 0 Å². The lowest BCUT2D eigenvalue weighted by atomic mass is 10.1. The summed E-state index contributed by atoms with van der Waals surface area (Å²) in [7, 11) is 0. The number of unbranched alkanes of at least 4 members (excludes halogenated alkanes) is 1. The van der Waals surface area contributed by atoms with Gasteiger partial charge in [-0.25, -0.2) is 0 Å². The van der Waals surface area contributed by atoms with Gasteiger partial charge in [-0.15, -0.1) is 5.10 Å². The molecule has 19 heavy (non-hydrogen) atoms. The molecule has 0 radical (unpaired) electrons. The third-order valence-electron chi connectivity index (χ3n) is 2.94. The first-order valence-corrected chi connectivity index (χ1v) is 6.30. The van der Waals surface area contributed by atoms with Crippen molar-refractivity contribution in [2.24, 2.45) is 0 Å². The standard InChI is InChI=1S/C14H17N3O2/c1-2-3-4-10-5-7-11(8-6-10)17-13(19)9-12(18)14(15)16-17/h5-9,18H,2-4H2,1H3,(H2,15,16). The molecule has 2 aromatic rings. The minimum atomic E-state index is -0.409. The number of nitrogens with zero attached hydrogens (tertiary/aromatic N) is 2. The number of hydrogen-bond donors (Lipinski definition) is 2. The number of aryl methyl sites for hydroxylation is 1. The fraction of sp³-hybridized carbons (Fsp3) is 0.286. The van der Waals surface area contributed by atoms with E-state index in [0.29, 0.717) is 5.69 Å². The predicted molar refractivity (Wildman–Crippen MR) is 74.5 cm³/mol. The molecule has 0 aliphatic rings. The van der Waals surface area contributed by atoms with E-state index in [9.17, 15) is 9.90 Å². The van der Waals surface area contributed by atoms with E-state index >= 15 is 0 Å². The Kier molecular flexibility index (Phi) is 3.85. The molecule has 2 rings (SSSR count). The van der Waals surface area contributed by atoms with E-state index in [2.05, 4.69) is 12.0 Å². The topological polar surface area (TPSA) is 81.1 Å². The van der Waals surface area contributed by atoms with Gasteiger partial charge in [0, 0.05) is 0 Å². The maximum atomic E-state index is 11.7. The van der Waals surface area contributed by atoms with Gasteiger partial charge in [0.25, 0.3) is 5.56 Å². The van der Waals surface area contributed by atoms with Gasteiger partial charge >= 0.3 is 0 Å². The van der Waals surface area contributed by atoms with E-state index in [1.807, 2.05) is 24.3 Å². The number of nitrogens with two attached hydrogens (primary N) is 1. The summed E-state index contributed by atoms with van der Waals surface area (Å²) in [6.07, 6.45) is 3.32. The molecule has 0 atom stereocenters. The van der Waals surface area contributed by atoms with Crippen LogP contribution in [0.2, 0.25) is 0 Å². The van der Waals surface area contributed by atoms with Gasteiger partial charge in [-0.3, -0.25) is 4.79 Å². The van der Waals surface area contributed by atoms with E-state index in [1.165, 1.54) is 10.2 Å². The van der Waals surface area contributed by atoms with Gasteiger partial charge in [-0.1, -0.05) is 25.5 Å². The Balaban J connectivity index is 2.32. The SMILES string of the molecule is CCCCc1ccc(-n2nc(N)c(O)cc2=O)cc1. The quantitative estimate of drug-likeness (QED) is 0.878. The number of nitrogen functional groups attached to an aromatic ring is 1. The molecule has 0 saturated heterocycles. The molecule has 0 aliphatic heterocycles. The van der Waals surface area contributed by atoms with E-state index in [4.69, 9.17) is 5.73 Å². The highest BCUT2D eigenvalue weighted by Gasteiger charge is 2.06. The Morgan fingerprint density at radius 3 is 2.63 bits per heavy atom. The van der Waals surface area contributed by atoms with E-state index in [1.54, 1.807) is 0 Å². The molecule has 0 spiro atoms. The second kappa shape index (κ2) is 5.56. The fourth-order valence-corrected chi connectivity index (χ4v) is 1.83. The summed E-state index contributed by atoms with van der Waals surface area (Å²) < 4.78 is 1.18. The maximum Gasteiger partial charge on any atom is 0.275 e. The van der Waals surface area contributed by atoms with Crippen LogP contribution in [0.25, 0.3) is 5.69 Å². The maximum absolute atomic E-state index is 11.7. The molecule has 0 amide bonds. The highest BCUT2D eigenvalue weighted by atomic mass is 16.3. The van der Waals surface area contributed by atoms with Crippen molar-refractivity contribution < 1.29 is 5.11 Å². The largest absolute Gasteiger partial charge is 0.504 e. The first-order valence-electron chi connectivity index (χ1n) is 6.30. The average Bonchev–Trinajstić information content (AvgIpc) is 2.41. The molecule has 1 aromatic carbocycles. The van der Waals surface area contributed by atoms with Crippen molar-refractivity contribution in [1.82, 2.24) is 9.78 Å². The molecular formula is C14H17N3O2. The molecule has 5 heteroatoms. The van der Waals surface area contributed by atoms with E-state index < -0.39 is 5.56 Å². The van der Waals surface area contributed by atoms with E-state index in [-0.39, 0.29) is 11.6 Å². The highest BCUT2D eigenvalue weighted by molar-refractivity contribution is 5.44. The summed E-state index contributed by atoms with van der Waals surface area (Å²) in [4.78, 5) is 11.7. The summed E-state index contributed by atoms with van der Waals surface area (Å²) in [6, 6.07) is 8.67. The third kappa shape index (κ3) is 2.93. The zero-order valence-corrected chi connectivity index (χ0v) is 10.8. The lowest BCUT2D eigenvalue weighted by Gasteiger charge is -2.07. The molecule has 0 unspecified atom stereocenters. The molecule has 5 nitrogen and oxygen atoms in total. The molecule has 0 saturated carbocycles. The second-order valence-electron chi connectivity index (χ2n) is 4.43. The summed E-state index contributed by atoms with van der Waals surface area (Å²) in [5.74, 6) is -0.351. The van der Waals surface area contributed by atoms with E-state index in [0.717, 1.165) is 25.3 Å². The zero-order chi connectivity index (χ0) is 13.8. The van der Waals surface area contributed by atoms with Crippen molar-refractivity contribution in [2.45, 2.75) is 26.2 Å². The number of rotatable bonds is 4. The van der Waals surface area contributed by atoms with Crippen molar-refractivity contribution >= 4 is 5.82 Å². The van der Waals surface area contributed by atoms with Crippen LogP contribution in [0.5, 0.6) is 5.75 Å². The summed E-state index contributed by atoms with van der Waals surface area (Å²) in [5.41, 5.74) is 6.96. The van der Waals surface area contributed by atoms with Crippen LogP contribution in [-0.2, 0) is 6.42 Å². The van der Waals surface area contributed by atoms with Crippen molar-refractivity contribution in [2.75, 3.05) is 5.73 Å².